The summed E-state index contributed by atoms with van der Waals surface area (Å²) in [6.07, 6.45) is 6.05. The molecular formula is C27H32N4OS. The van der Waals surface area contributed by atoms with Crippen LogP contribution in [-0.2, 0) is 11.3 Å². The number of benzene rings is 1. The first-order chi connectivity index (χ1) is 16.0. The highest BCUT2D eigenvalue weighted by Gasteiger charge is 2.22. The Hall–Kier alpha value is -2.70. The lowest BCUT2D eigenvalue weighted by Crippen LogP contribution is -2.32. The number of rotatable bonds is 7. The Morgan fingerprint density at radius 2 is 1.88 bits per heavy atom. The maximum Gasteiger partial charge on any atom is 0.226 e. The molecule has 2 aromatic heterocycles. The first-order valence-corrected chi connectivity index (χ1v) is 12.5. The van der Waals surface area contributed by atoms with E-state index in [1.165, 1.54) is 16.7 Å². The van der Waals surface area contributed by atoms with Gasteiger partial charge >= 0.3 is 0 Å². The quantitative estimate of drug-likeness (QED) is 0.475. The molecule has 1 fully saturated rings. The van der Waals surface area contributed by atoms with E-state index in [-0.39, 0.29) is 11.8 Å². The van der Waals surface area contributed by atoms with E-state index in [0.29, 0.717) is 5.92 Å². The van der Waals surface area contributed by atoms with Crippen molar-refractivity contribution in [3.8, 4) is 0 Å². The average Bonchev–Trinajstić information content (AvgIpc) is 2.83. The SMILES string of the molecule is Cc1ccc(NC(=O)C(C)C)cc1C1CCN(Cc2ccc(Sc3ccccn3)nc2)CC1. The Morgan fingerprint density at radius 3 is 2.55 bits per heavy atom. The summed E-state index contributed by atoms with van der Waals surface area (Å²) in [5.74, 6) is 0.584. The molecule has 0 aliphatic carbocycles. The van der Waals surface area contributed by atoms with Gasteiger partial charge in [0, 0.05) is 30.5 Å². The molecule has 0 saturated carbocycles. The molecule has 5 nitrogen and oxygen atoms in total. The molecule has 172 valence electrons. The number of anilines is 1. The number of amides is 1. The van der Waals surface area contributed by atoms with Crippen LogP contribution in [0, 0.1) is 12.8 Å². The molecule has 3 aromatic rings. The van der Waals surface area contributed by atoms with Crippen molar-refractivity contribution in [1.29, 1.82) is 0 Å². The molecule has 3 heterocycles. The van der Waals surface area contributed by atoms with Gasteiger partial charge in [0.25, 0.3) is 0 Å². The second-order valence-electron chi connectivity index (χ2n) is 9.04. The molecule has 0 spiro atoms. The smallest absolute Gasteiger partial charge is 0.226 e. The zero-order chi connectivity index (χ0) is 23.2. The highest BCUT2D eigenvalue weighted by molar-refractivity contribution is 7.99. The summed E-state index contributed by atoms with van der Waals surface area (Å²) in [4.78, 5) is 23.6. The van der Waals surface area contributed by atoms with E-state index in [4.69, 9.17) is 0 Å². The van der Waals surface area contributed by atoms with Gasteiger partial charge < -0.3 is 5.32 Å². The van der Waals surface area contributed by atoms with E-state index >= 15 is 0 Å². The van der Waals surface area contributed by atoms with Crippen molar-refractivity contribution >= 4 is 23.4 Å². The largest absolute Gasteiger partial charge is 0.326 e. The maximum absolute atomic E-state index is 12.1. The summed E-state index contributed by atoms with van der Waals surface area (Å²) < 4.78 is 0. The van der Waals surface area contributed by atoms with Crippen molar-refractivity contribution in [2.24, 2.45) is 5.92 Å². The zero-order valence-electron chi connectivity index (χ0n) is 19.6. The van der Waals surface area contributed by atoms with Crippen LogP contribution >= 0.6 is 11.8 Å². The summed E-state index contributed by atoms with van der Waals surface area (Å²) in [6, 6.07) is 16.5. The number of pyridine rings is 2. The van der Waals surface area contributed by atoms with E-state index in [9.17, 15) is 4.79 Å². The molecule has 1 N–H and O–H groups in total. The topological polar surface area (TPSA) is 58.1 Å². The fourth-order valence-electron chi connectivity index (χ4n) is 4.18. The highest BCUT2D eigenvalue weighted by atomic mass is 32.2. The van der Waals surface area contributed by atoms with Crippen molar-refractivity contribution in [3.63, 3.8) is 0 Å². The first kappa shape index (κ1) is 23.5. The maximum atomic E-state index is 12.1. The fraction of sp³-hybridized carbons (Fsp3) is 0.370. The molecule has 1 aliphatic rings. The minimum atomic E-state index is -0.0184. The van der Waals surface area contributed by atoms with Gasteiger partial charge in [-0.15, -0.1) is 0 Å². The number of nitrogens with zero attached hydrogens (tertiary/aromatic N) is 3. The Bertz CT molecular complexity index is 1060. The molecule has 1 amide bonds. The van der Waals surface area contributed by atoms with Gasteiger partial charge in [-0.3, -0.25) is 9.69 Å². The van der Waals surface area contributed by atoms with Gasteiger partial charge in [-0.25, -0.2) is 9.97 Å². The number of aromatic nitrogens is 2. The molecular weight excluding hydrogens is 428 g/mol. The van der Waals surface area contributed by atoms with Crippen molar-refractivity contribution in [2.75, 3.05) is 18.4 Å². The van der Waals surface area contributed by atoms with Gasteiger partial charge in [-0.05, 0) is 85.8 Å². The van der Waals surface area contributed by atoms with E-state index in [1.54, 1.807) is 18.0 Å². The van der Waals surface area contributed by atoms with Crippen molar-refractivity contribution in [3.05, 3.63) is 77.6 Å². The van der Waals surface area contributed by atoms with Crippen LogP contribution in [0.2, 0.25) is 0 Å². The number of piperidine rings is 1. The second kappa shape index (κ2) is 10.9. The van der Waals surface area contributed by atoms with Gasteiger partial charge in [-0.2, -0.15) is 0 Å². The van der Waals surface area contributed by atoms with Crippen molar-refractivity contribution in [2.45, 2.75) is 56.1 Å². The summed E-state index contributed by atoms with van der Waals surface area (Å²) in [7, 11) is 0. The van der Waals surface area contributed by atoms with Crippen LogP contribution in [0.3, 0.4) is 0 Å². The number of likely N-dealkylation sites (tertiary alicyclic amines) is 1. The minimum absolute atomic E-state index is 0.0184. The molecule has 0 radical (unpaired) electrons. The third-order valence-electron chi connectivity index (χ3n) is 6.15. The van der Waals surface area contributed by atoms with Crippen LogP contribution in [0.4, 0.5) is 5.69 Å². The van der Waals surface area contributed by atoms with Crippen LogP contribution < -0.4 is 5.32 Å². The predicted molar refractivity (Wildman–Crippen MR) is 134 cm³/mol. The molecule has 0 atom stereocenters. The van der Waals surface area contributed by atoms with Gasteiger partial charge in [0.2, 0.25) is 5.91 Å². The number of hydrogen-bond acceptors (Lipinski definition) is 5. The number of carbonyl (C=O) groups is 1. The minimum Gasteiger partial charge on any atom is -0.326 e. The van der Waals surface area contributed by atoms with Crippen molar-refractivity contribution < 1.29 is 4.79 Å². The highest BCUT2D eigenvalue weighted by Crippen LogP contribution is 2.32. The van der Waals surface area contributed by atoms with Crippen LogP contribution in [0.15, 0.2) is 71.0 Å². The molecule has 1 aliphatic heterocycles. The third-order valence-corrected chi connectivity index (χ3v) is 7.05. The van der Waals surface area contributed by atoms with E-state index in [0.717, 1.165) is 48.2 Å². The summed E-state index contributed by atoms with van der Waals surface area (Å²) in [5, 5.41) is 4.98. The number of hydrogen-bond donors (Lipinski definition) is 1. The lowest BCUT2D eigenvalue weighted by Gasteiger charge is -2.33. The summed E-state index contributed by atoms with van der Waals surface area (Å²) >= 11 is 1.59. The van der Waals surface area contributed by atoms with E-state index in [1.807, 2.05) is 44.3 Å². The molecule has 0 bridgehead atoms. The van der Waals surface area contributed by atoms with Crippen LogP contribution in [0.1, 0.15) is 49.3 Å². The first-order valence-electron chi connectivity index (χ1n) is 11.7. The van der Waals surface area contributed by atoms with Crippen molar-refractivity contribution in [1.82, 2.24) is 14.9 Å². The molecule has 1 saturated heterocycles. The molecule has 6 heteroatoms. The van der Waals surface area contributed by atoms with Gasteiger partial charge in [0.1, 0.15) is 10.1 Å². The van der Waals surface area contributed by atoms with E-state index < -0.39 is 0 Å². The average molecular weight is 461 g/mol. The Balaban J connectivity index is 1.31. The van der Waals surface area contributed by atoms with Gasteiger partial charge in [0.05, 0.1) is 0 Å². The normalized spacial score (nSPS) is 15.0. The van der Waals surface area contributed by atoms with E-state index in [2.05, 4.69) is 51.4 Å². The standard InChI is InChI=1S/C27H32N4OS/c1-19(2)27(32)30-23-9-7-20(3)24(16-23)22-11-14-31(15-12-22)18-21-8-10-26(29-17-21)33-25-6-4-5-13-28-25/h4-10,13,16-17,19,22H,11-12,14-15,18H2,1-3H3,(H,30,32). The summed E-state index contributed by atoms with van der Waals surface area (Å²) in [6.45, 7) is 9.07. The number of nitrogens with one attached hydrogen (secondary N) is 1. The van der Waals surface area contributed by atoms with Gasteiger partial charge in [0.15, 0.2) is 0 Å². The second-order valence-corrected chi connectivity index (χ2v) is 10.1. The number of aryl methyl sites for hydroxylation is 1. The number of carbonyl (C=O) groups excluding carboxylic acids is 1. The Kier molecular flexibility index (Phi) is 7.78. The third kappa shape index (κ3) is 6.42. The lowest BCUT2D eigenvalue weighted by atomic mass is 9.86. The van der Waals surface area contributed by atoms with Gasteiger partial charge in [-0.1, -0.05) is 43.8 Å². The monoisotopic (exact) mass is 460 g/mol. The predicted octanol–water partition coefficient (Wildman–Crippen LogP) is 5.91. The van der Waals surface area contributed by atoms with Crippen LogP contribution in [0.5, 0.6) is 0 Å². The molecule has 4 rings (SSSR count). The zero-order valence-corrected chi connectivity index (χ0v) is 20.4. The molecule has 33 heavy (non-hydrogen) atoms. The molecule has 1 aromatic carbocycles. The Labute approximate surface area is 201 Å². The Morgan fingerprint density at radius 1 is 1.09 bits per heavy atom. The van der Waals surface area contributed by atoms with Crippen LogP contribution in [0.25, 0.3) is 0 Å². The lowest BCUT2D eigenvalue weighted by molar-refractivity contribution is -0.118. The molecule has 0 unspecified atom stereocenters. The van der Waals surface area contributed by atoms with Crippen LogP contribution in [-0.4, -0.2) is 33.9 Å². The fourth-order valence-corrected chi connectivity index (χ4v) is 4.90. The summed E-state index contributed by atoms with van der Waals surface area (Å²) in [5.41, 5.74) is 4.83.